The number of ether oxygens (including phenoxy) is 3. The van der Waals surface area contributed by atoms with Crippen molar-refractivity contribution in [2.24, 2.45) is 5.41 Å². The first-order valence-electron chi connectivity index (χ1n) is 7.16. The molecule has 0 amide bonds. The molecule has 1 fully saturated rings. The van der Waals surface area contributed by atoms with Crippen LogP contribution >= 0.6 is 11.8 Å². The average molecular weight is 311 g/mol. The summed E-state index contributed by atoms with van der Waals surface area (Å²) < 4.78 is 16.2. The monoisotopic (exact) mass is 311 g/mol. The molecule has 1 aliphatic heterocycles. The fraction of sp³-hybridized carbons (Fsp3) is 0.625. The van der Waals surface area contributed by atoms with Gasteiger partial charge in [0.25, 0.3) is 0 Å². The molecule has 1 heterocycles. The van der Waals surface area contributed by atoms with Crippen LogP contribution in [0.25, 0.3) is 0 Å². The van der Waals surface area contributed by atoms with Gasteiger partial charge in [-0.1, -0.05) is 13.8 Å². The summed E-state index contributed by atoms with van der Waals surface area (Å²) in [5.74, 6) is 4.34. The van der Waals surface area contributed by atoms with E-state index in [0.717, 1.165) is 11.4 Å². The second-order valence-electron chi connectivity index (χ2n) is 5.92. The van der Waals surface area contributed by atoms with Crippen molar-refractivity contribution in [3.63, 3.8) is 0 Å². The Labute approximate surface area is 131 Å². The molecule has 0 bridgehead atoms. The van der Waals surface area contributed by atoms with Crippen molar-refractivity contribution in [2.75, 3.05) is 38.2 Å². The number of nitrogens with one attached hydrogen (secondary N) is 1. The van der Waals surface area contributed by atoms with Gasteiger partial charge in [-0.2, -0.15) is 11.8 Å². The Kier molecular flexibility index (Phi) is 5.14. The van der Waals surface area contributed by atoms with Crippen LogP contribution in [-0.4, -0.2) is 38.9 Å². The van der Waals surface area contributed by atoms with Crippen LogP contribution in [0.5, 0.6) is 17.2 Å². The molecule has 1 aliphatic rings. The second-order valence-corrected chi connectivity index (χ2v) is 7.07. The molecule has 1 aromatic carbocycles. The first-order chi connectivity index (χ1) is 10.0. The van der Waals surface area contributed by atoms with Gasteiger partial charge in [0.1, 0.15) is 0 Å². The van der Waals surface area contributed by atoms with Gasteiger partial charge < -0.3 is 19.5 Å². The summed E-state index contributed by atoms with van der Waals surface area (Å²) in [7, 11) is 4.90. The van der Waals surface area contributed by atoms with Crippen LogP contribution < -0.4 is 19.5 Å². The lowest BCUT2D eigenvalue weighted by atomic mass is 9.82. The first kappa shape index (κ1) is 16.1. The van der Waals surface area contributed by atoms with E-state index in [1.807, 2.05) is 23.9 Å². The number of thioether (sulfide) groups is 1. The van der Waals surface area contributed by atoms with Crippen molar-refractivity contribution in [1.82, 2.24) is 0 Å². The third kappa shape index (κ3) is 3.51. The van der Waals surface area contributed by atoms with Crippen LogP contribution in [0, 0.1) is 5.41 Å². The van der Waals surface area contributed by atoms with Gasteiger partial charge in [0.2, 0.25) is 5.75 Å². The van der Waals surface area contributed by atoms with Gasteiger partial charge in [-0.3, -0.25) is 0 Å². The Morgan fingerprint density at radius 2 is 1.71 bits per heavy atom. The van der Waals surface area contributed by atoms with Gasteiger partial charge >= 0.3 is 0 Å². The molecule has 2 rings (SSSR count). The van der Waals surface area contributed by atoms with E-state index in [4.69, 9.17) is 14.2 Å². The predicted octanol–water partition coefficient (Wildman–Crippen LogP) is 3.66. The fourth-order valence-electron chi connectivity index (χ4n) is 2.54. The van der Waals surface area contributed by atoms with E-state index < -0.39 is 0 Å². The zero-order valence-electron chi connectivity index (χ0n) is 13.5. The van der Waals surface area contributed by atoms with E-state index in [-0.39, 0.29) is 5.41 Å². The fourth-order valence-corrected chi connectivity index (χ4v) is 4.15. The van der Waals surface area contributed by atoms with E-state index in [1.54, 1.807) is 21.3 Å². The van der Waals surface area contributed by atoms with Crippen molar-refractivity contribution >= 4 is 17.4 Å². The minimum Gasteiger partial charge on any atom is -0.493 e. The maximum Gasteiger partial charge on any atom is 0.203 e. The Morgan fingerprint density at radius 3 is 2.19 bits per heavy atom. The van der Waals surface area contributed by atoms with Gasteiger partial charge in [0.15, 0.2) is 11.5 Å². The number of hydrogen-bond acceptors (Lipinski definition) is 5. The standard InChI is InChI=1S/C16H25NO3S/c1-16(2)6-7-21-10-14(16)17-11-8-12(18-3)15(20-5)13(9-11)19-4/h8-9,14,17H,6-7,10H2,1-5H3. The maximum atomic E-state index is 5.41. The van der Waals surface area contributed by atoms with Crippen LogP contribution in [0.3, 0.4) is 0 Å². The number of rotatable bonds is 5. The molecule has 0 radical (unpaired) electrons. The number of anilines is 1. The quantitative estimate of drug-likeness (QED) is 0.898. The summed E-state index contributed by atoms with van der Waals surface area (Å²) in [4.78, 5) is 0. The van der Waals surface area contributed by atoms with E-state index in [1.165, 1.54) is 12.2 Å². The Bertz CT molecular complexity index is 465. The van der Waals surface area contributed by atoms with Gasteiger partial charge in [-0.25, -0.2) is 0 Å². The molecule has 1 saturated heterocycles. The minimum absolute atomic E-state index is 0.283. The van der Waals surface area contributed by atoms with Gasteiger partial charge in [-0.15, -0.1) is 0 Å². The SMILES string of the molecule is COc1cc(NC2CSCCC2(C)C)cc(OC)c1OC. The van der Waals surface area contributed by atoms with Crippen molar-refractivity contribution in [3.8, 4) is 17.2 Å². The molecular formula is C16H25NO3S. The molecule has 1 unspecified atom stereocenters. The number of benzene rings is 1. The molecule has 21 heavy (non-hydrogen) atoms. The third-order valence-electron chi connectivity index (χ3n) is 4.12. The molecular weight excluding hydrogens is 286 g/mol. The number of hydrogen-bond donors (Lipinski definition) is 1. The maximum absolute atomic E-state index is 5.41. The molecule has 0 aromatic heterocycles. The summed E-state index contributed by atoms with van der Waals surface area (Å²) in [6, 6.07) is 4.37. The molecule has 0 saturated carbocycles. The predicted molar refractivity (Wildman–Crippen MR) is 89.2 cm³/mol. The lowest BCUT2D eigenvalue weighted by Gasteiger charge is -2.39. The number of methoxy groups -OCH3 is 3. The Hall–Kier alpha value is -1.23. The van der Waals surface area contributed by atoms with Gasteiger partial charge in [-0.05, 0) is 17.6 Å². The zero-order valence-corrected chi connectivity index (χ0v) is 14.3. The van der Waals surface area contributed by atoms with Crippen molar-refractivity contribution in [2.45, 2.75) is 26.3 Å². The van der Waals surface area contributed by atoms with Crippen LogP contribution in [0.1, 0.15) is 20.3 Å². The van der Waals surface area contributed by atoms with E-state index in [9.17, 15) is 0 Å². The zero-order chi connectivity index (χ0) is 15.5. The van der Waals surface area contributed by atoms with Crippen LogP contribution in [0.15, 0.2) is 12.1 Å². The van der Waals surface area contributed by atoms with E-state index >= 15 is 0 Å². The molecule has 1 atom stereocenters. The topological polar surface area (TPSA) is 39.7 Å². The highest BCUT2D eigenvalue weighted by atomic mass is 32.2. The first-order valence-corrected chi connectivity index (χ1v) is 8.31. The van der Waals surface area contributed by atoms with Crippen LogP contribution in [-0.2, 0) is 0 Å². The molecule has 0 aliphatic carbocycles. The smallest absolute Gasteiger partial charge is 0.203 e. The molecule has 1 N–H and O–H groups in total. The van der Waals surface area contributed by atoms with E-state index in [0.29, 0.717) is 23.3 Å². The van der Waals surface area contributed by atoms with E-state index in [2.05, 4.69) is 19.2 Å². The third-order valence-corrected chi connectivity index (χ3v) is 5.19. The Balaban J connectivity index is 2.27. The van der Waals surface area contributed by atoms with Crippen molar-refractivity contribution in [1.29, 1.82) is 0 Å². The minimum atomic E-state index is 0.283. The van der Waals surface area contributed by atoms with Crippen LogP contribution in [0.4, 0.5) is 5.69 Å². The Morgan fingerprint density at radius 1 is 1.10 bits per heavy atom. The van der Waals surface area contributed by atoms with Crippen molar-refractivity contribution < 1.29 is 14.2 Å². The molecule has 4 nitrogen and oxygen atoms in total. The summed E-state index contributed by atoms with van der Waals surface area (Å²) in [5.41, 5.74) is 1.29. The highest BCUT2D eigenvalue weighted by Gasteiger charge is 2.32. The second kappa shape index (κ2) is 6.69. The van der Waals surface area contributed by atoms with Gasteiger partial charge in [0.05, 0.1) is 21.3 Å². The largest absolute Gasteiger partial charge is 0.493 e. The summed E-state index contributed by atoms with van der Waals surface area (Å²) >= 11 is 2.00. The molecule has 118 valence electrons. The summed E-state index contributed by atoms with van der Waals surface area (Å²) in [6.45, 7) is 4.64. The highest BCUT2D eigenvalue weighted by molar-refractivity contribution is 7.99. The van der Waals surface area contributed by atoms with Crippen molar-refractivity contribution in [3.05, 3.63) is 12.1 Å². The summed E-state index contributed by atoms with van der Waals surface area (Å²) in [6.07, 6.45) is 1.22. The lowest BCUT2D eigenvalue weighted by molar-refractivity contribution is 0.304. The lowest BCUT2D eigenvalue weighted by Crippen LogP contribution is -2.41. The van der Waals surface area contributed by atoms with Crippen LogP contribution in [0.2, 0.25) is 0 Å². The molecule has 1 aromatic rings. The molecule has 5 heteroatoms. The normalized spacial score (nSPS) is 20.7. The highest BCUT2D eigenvalue weighted by Crippen LogP contribution is 2.42. The van der Waals surface area contributed by atoms with Gasteiger partial charge in [0, 0.05) is 29.6 Å². The molecule has 0 spiro atoms. The average Bonchev–Trinajstić information content (AvgIpc) is 2.48. The summed E-state index contributed by atoms with van der Waals surface area (Å²) in [5, 5.41) is 3.64.